The third-order valence-corrected chi connectivity index (χ3v) is 4.99. The van der Waals surface area contributed by atoms with Crippen LogP contribution < -0.4 is 10.6 Å². The molecule has 0 saturated carbocycles. The maximum absolute atomic E-state index is 13.2. The molecule has 0 bridgehead atoms. The van der Waals surface area contributed by atoms with Crippen LogP contribution in [0.4, 0.5) is 18.0 Å². The summed E-state index contributed by atoms with van der Waals surface area (Å²) in [6.07, 6.45) is -5.51. The number of rotatable bonds is 9. The lowest BCUT2D eigenvalue weighted by Gasteiger charge is -2.25. The third kappa shape index (κ3) is 10.0. The number of hydrogen-bond acceptors (Lipinski definition) is 6. The van der Waals surface area contributed by atoms with Gasteiger partial charge < -0.3 is 25.2 Å². The number of halogens is 3. The van der Waals surface area contributed by atoms with Gasteiger partial charge in [-0.1, -0.05) is 24.3 Å². The van der Waals surface area contributed by atoms with Crippen LogP contribution in [0.2, 0.25) is 0 Å². The van der Waals surface area contributed by atoms with Gasteiger partial charge in [0, 0.05) is 12.8 Å². The molecule has 2 aromatic carbocycles. The van der Waals surface area contributed by atoms with Crippen molar-refractivity contribution in [2.24, 2.45) is 0 Å². The normalized spacial score (nSPS) is 13.3. The lowest BCUT2D eigenvalue weighted by molar-refractivity contribution is -0.147. The van der Waals surface area contributed by atoms with Gasteiger partial charge in [0.1, 0.15) is 23.4 Å². The van der Waals surface area contributed by atoms with Crippen molar-refractivity contribution in [1.82, 2.24) is 10.6 Å². The molecule has 0 aromatic heterocycles. The average Bonchev–Trinajstić information content (AvgIpc) is 2.78. The van der Waals surface area contributed by atoms with Crippen molar-refractivity contribution < 1.29 is 42.1 Å². The monoisotopic (exact) mass is 524 g/mol. The fraction of sp³-hybridized carbons (Fsp3) is 0.423. The van der Waals surface area contributed by atoms with Crippen LogP contribution in [0.1, 0.15) is 44.4 Å². The van der Waals surface area contributed by atoms with Crippen molar-refractivity contribution in [2.75, 3.05) is 6.61 Å². The predicted molar refractivity (Wildman–Crippen MR) is 129 cm³/mol. The van der Waals surface area contributed by atoms with E-state index in [0.717, 1.165) is 12.1 Å². The number of nitrogens with one attached hydrogen (secondary N) is 2. The Bertz CT molecular complexity index is 1060. The zero-order chi connectivity index (χ0) is 27.8. The maximum atomic E-state index is 13.2. The summed E-state index contributed by atoms with van der Waals surface area (Å²) in [5.74, 6) is -1.50. The van der Waals surface area contributed by atoms with Crippen LogP contribution in [0.3, 0.4) is 0 Å². The minimum absolute atomic E-state index is 0.00117. The molecule has 0 spiro atoms. The Hall–Kier alpha value is -3.76. The molecule has 11 heteroatoms. The molecular weight excluding hydrogens is 493 g/mol. The Morgan fingerprint density at radius 1 is 0.865 bits per heavy atom. The van der Waals surface area contributed by atoms with Gasteiger partial charge in [0.05, 0.1) is 12.2 Å². The number of phenolic OH excluding ortho intramolecular Hbond substituents is 1. The molecule has 0 radical (unpaired) electrons. The summed E-state index contributed by atoms with van der Waals surface area (Å²) >= 11 is 0. The van der Waals surface area contributed by atoms with E-state index in [1.165, 1.54) is 24.3 Å². The van der Waals surface area contributed by atoms with Crippen molar-refractivity contribution in [2.45, 2.75) is 64.4 Å². The Morgan fingerprint density at radius 2 is 1.38 bits per heavy atom. The van der Waals surface area contributed by atoms with Crippen LogP contribution in [0.25, 0.3) is 0 Å². The summed E-state index contributed by atoms with van der Waals surface area (Å²) in [6, 6.07) is 7.77. The van der Waals surface area contributed by atoms with Crippen molar-refractivity contribution in [3.8, 4) is 5.75 Å². The van der Waals surface area contributed by atoms with E-state index in [1.807, 2.05) is 0 Å². The molecule has 2 amide bonds. The lowest BCUT2D eigenvalue weighted by Crippen LogP contribution is -2.54. The molecule has 0 aliphatic carbocycles. The smallest absolute Gasteiger partial charge is 0.416 e. The van der Waals surface area contributed by atoms with E-state index in [4.69, 9.17) is 9.47 Å². The number of hydrogen-bond donors (Lipinski definition) is 3. The first-order chi connectivity index (χ1) is 17.2. The summed E-state index contributed by atoms with van der Waals surface area (Å²) in [4.78, 5) is 38.2. The SMILES string of the molecule is CCOC(=O)[C@H](Cc1ccc(C(F)(F)F)cc1)NC(=O)[C@@H](Cc1ccc(O)cc1)NC(=O)OC(C)(C)C. The first-order valence-electron chi connectivity index (χ1n) is 11.6. The number of alkyl halides is 3. The van der Waals surface area contributed by atoms with Crippen LogP contribution in [0, 0.1) is 0 Å². The molecule has 0 aliphatic rings. The van der Waals surface area contributed by atoms with Crippen LogP contribution in [-0.4, -0.2) is 47.4 Å². The second kappa shape index (κ2) is 12.5. The molecule has 2 aromatic rings. The van der Waals surface area contributed by atoms with Gasteiger partial charge in [0.25, 0.3) is 0 Å². The van der Waals surface area contributed by atoms with E-state index in [2.05, 4.69) is 10.6 Å². The number of aromatic hydroxyl groups is 1. The van der Waals surface area contributed by atoms with Crippen LogP contribution in [0.15, 0.2) is 48.5 Å². The number of esters is 1. The molecular formula is C26H31F3N2O6. The Morgan fingerprint density at radius 3 is 1.86 bits per heavy atom. The van der Waals surface area contributed by atoms with Gasteiger partial charge in [-0.05, 0) is 63.1 Å². The zero-order valence-corrected chi connectivity index (χ0v) is 21.0. The number of amides is 2. The maximum Gasteiger partial charge on any atom is 0.416 e. The highest BCUT2D eigenvalue weighted by molar-refractivity contribution is 5.90. The summed E-state index contributed by atoms with van der Waals surface area (Å²) < 4.78 is 49.0. The van der Waals surface area contributed by atoms with Crippen LogP contribution >= 0.6 is 0 Å². The highest BCUT2D eigenvalue weighted by Gasteiger charge is 2.32. The number of ether oxygens (including phenoxy) is 2. The molecule has 2 rings (SSSR count). The molecule has 2 atom stereocenters. The first kappa shape index (κ1) is 29.5. The summed E-state index contributed by atoms with van der Waals surface area (Å²) in [5.41, 5.74) is -0.714. The van der Waals surface area contributed by atoms with Crippen molar-refractivity contribution in [3.63, 3.8) is 0 Å². The van der Waals surface area contributed by atoms with Gasteiger partial charge in [-0.15, -0.1) is 0 Å². The molecule has 3 N–H and O–H groups in total. The molecule has 0 heterocycles. The Kier molecular flexibility index (Phi) is 9.93. The Balaban J connectivity index is 2.25. The second-order valence-corrected chi connectivity index (χ2v) is 9.28. The quantitative estimate of drug-likeness (QED) is 0.425. The largest absolute Gasteiger partial charge is 0.508 e. The molecule has 37 heavy (non-hydrogen) atoms. The summed E-state index contributed by atoms with van der Waals surface area (Å²) in [6.45, 7) is 6.56. The fourth-order valence-electron chi connectivity index (χ4n) is 3.30. The summed E-state index contributed by atoms with van der Waals surface area (Å²) in [5, 5.41) is 14.5. The molecule has 8 nitrogen and oxygen atoms in total. The number of carbonyl (C=O) groups excluding carboxylic acids is 3. The third-order valence-electron chi connectivity index (χ3n) is 4.99. The molecule has 202 valence electrons. The van der Waals surface area contributed by atoms with Gasteiger partial charge in [-0.2, -0.15) is 13.2 Å². The summed E-state index contributed by atoms with van der Waals surface area (Å²) in [7, 11) is 0. The van der Waals surface area contributed by atoms with E-state index in [9.17, 15) is 32.7 Å². The second-order valence-electron chi connectivity index (χ2n) is 9.28. The minimum Gasteiger partial charge on any atom is -0.508 e. The Labute approximate surface area is 213 Å². The number of carbonyl (C=O) groups is 3. The molecule has 0 fully saturated rings. The van der Waals surface area contributed by atoms with Crippen LogP contribution in [0.5, 0.6) is 5.75 Å². The van der Waals surface area contributed by atoms with Gasteiger partial charge in [0.2, 0.25) is 5.91 Å². The van der Waals surface area contributed by atoms with Crippen molar-refractivity contribution in [3.05, 3.63) is 65.2 Å². The van der Waals surface area contributed by atoms with E-state index < -0.39 is 47.4 Å². The van der Waals surface area contributed by atoms with Crippen molar-refractivity contribution >= 4 is 18.0 Å². The zero-order valence-electron chi connectivity index (χ0n) is 21.0. The number of benzene rings is 2. The molecule has 0 unspecified atom stereocenters. The van der Waals surface area contributed by atoms with Crippen LogP contribution in [-0.2, 0) is 38.1 Å². The van der Waals surface area contributed by atoms with Gasteiger partial charge in [0.15, 0.2) is 0 Å². The average molecular weight is 525 g/mol. The minimum atomic E-state index is -4.51. The van der Waals surface area contributed by atoms with Gasteiger partial charge >= 0.3 is 18.2 Å². The fourth-order valence-corrected chi connectivity index (χ4v) is 3.30. The number of alkyl carbamates (subject to hydrolysis) is 1. The predicted octanol–water partition coefficient (Wildman–Crippen LogP) is 4.14. The topological polar surface area (TPSA) is 114 Å². The van der Waals surface area contributed by atoms with E-state index in [1.54, 1.807) is 39.8 Å². The van der Waals surface area contributed by atoms with Crippen molar-refractivity contribution in [1.29, 1.82) is 0 Å². The highest BCUT2D eigenvalue weighted by Crippen LogP contribution is 2.29. The highest BCUT2D eigenvalue weighted by atomic mass is 19.4. The number of phenols is 1. The van der Waals surface area contributed by atoms with Gasteiger partial charge in [-0.3, -0.25) is 4.79 Å². The standard InChI is InChI=1S/C26H31F3N2O6/c1-5-36-23(34)21(15-16-6-10-18(11-7-16)26(27,28)29)30-22(33)20(31-24(35)37-25(2,3)4)14-17-8-12-19(32)13-9-17/h6-13,20-21,32H,5,14-15H2,1-4H3,(H,30,33)(H,31,35)/t20-,21+/m1/s1. The van der Waals surface area contributed by atoms with E-state index in [-0.39, 0.29) is 25.2 Å². The molecule has 0 aliphatic heterocycles. The van der Waals surface area contributed by atoms with Gasteiger partial charge in [-0.25, -0.2) is 9.59 Å². The first-order valence-corrected chi connectivity index (χ1v) is 11.6. The molecule has 0 saturated heterocycles. The lowest BCUT2D eigenvalue weighted by atomic mass is 10.0. The van der Waals surface area contributed by atoms with E-state index >= 15 is 0 Å². The van der Waals surface area contributed by atoms with E-state index in [0.29, 0.717) is 11.1 Å².